The minimum absolute atomic E-state index is 0.529. The Morgan fingerprint density at radius 3 is 2.50 bits per heavy atom. The van der Waals surface area contributed by atoms with Gasteiger partial charge in [-0.25, -0.2) is 15.0 Å². The van der Waals surface area contributed by atoms with Crippen LogP contribution in [0.5, 0.6) is 0 Å². The molecule has 2 heterocycles. The lowest BCUT2D eigenvalue weighted by Crippen LogP contribution is -2.36. The zero-order valence-electron chi connectivity index (χ0n) is 17.9. The molecule has 0 unspecified atom stereocenters. The van der Waals surface area contributed by atoms with Crippen LogP contribution in [0.3, 0.4) is 0 Å². The molecule has 0 amide bonds. The first-order valence-corrected chi connectivity index (χ1v) is 10.4. The summed E-state index contributed by atoms with van der Waals surface area (Å²) < 4.78 is 5.60. The van der Waals surface area contributed by atoms with Crippen molar-refractivity contribution >= 4 is 11.8 Å². The van der Waals surface area contributed by atoms with Crippen molar-refractivity contribution in [3.63, 3.8) is 0 Å². The average Bonchev–Trinajstić information content (AvgIpc) is 3.27. The van der Waals surface area contributed by atoms with Crippen molar-refractivity contribution in [3.8, 4) is 11.5 Å². The predicted octanol–water partition coefficient (Wildman–Crippen LogP) is 3.84. The smallest absolute Gasteiger partial charge is 0.226 e. The third-order valence-electron chi connectivity index (χ3n) is 4.67. The molecule has 3 aromatic rings. The fraction of sp³-hybridized carbons (Fsp3) is 0.348. The van der Waals surface area contributed by atoms with E-state index in [1.54, 1.807) is 6.26 Å². The number of hydrogen-bond acceptors (Lipinski definition) is 5. The van der Waals surface area contributed by atoms with Crippen LogP contribution < -0.4 is 15.5 Å². The van der Waals surface area contributed by atoms with Crippen LogP contribution in [0.25, 0.3) is 11.5 Å². The molecular formula is C23H30N6O. The molecule has 0 aliphatic carbocycles. The van der Waals surface area contributed by atoms with Gasteiger partial charge in [0.05, 0.1) is 18.8 Å². The lowest BCUT2D eigenvalue weighted by Gasteiger charge is -2.19. The van der Waals surface area contributed by atoms with Crippen molar-refractivity contribution in [1.82, 2.24) is 20.6 Å². The zero-order valence-corrected chi connectivity index (χ0v) is 17.9. The van der Waals surface area contributed by atoms with E-state index in [4.69, 9.17) is 4.42 Å². The van der Waals surface area contributed by atoms with Crippen molar-refractivity contribution in [2.45, 2.75) is 33.9 Å². The van der Waals surface area contributed by atoms with E-state index in [2.05, 4.69) is 56.5 Å². The molecular weight excluding hydrogens is 376 g/mol. The lowest BCUT2D eigenvalue weighted by molar-refractivity contribution is 0.572. The number of rotatable bonds is 9. The van der Waals surface area contributed by atoms with Gasteiger partial charge in [-0.2, -0.15) is 0 Å². The molecule has 7 heteroatoms. The molecule has 0 radical (unpaired) electrons. The average molecular weight is 407 g/mol. The predicted molar refractivity (Wildman–Crippen MR) is 121 cm³/mol. The van der Waals surface area contributed by atoms with Crippen LogP contribution in [0.15, 0.2) is 64.3 Å². The quantitative estimate of drug-likeness (QED) is 0.415. The van der Waals surface area contributed by atoms with E-state index in [1.807, 2.05) is 43.5 Å². The Bertz CT molecular complexity index is 916. The first-order valence-electron chi connectivity index (χ1n) is 10.4. The monoisotopic (exact) mass is 406 g/mol. The number of aromatic nitrogens is 2. The second-order valence-corrected chi connectivity index (χ2v) is 6.76. The maximum atomic E-state index is 5.60. The first-order chi connectivity index (χ1) is 14.7. The number of anilines is 1. The van der Waals surface area contributed by atoms with Crippen molar-refractivity contribution in [2.24, 2.45) is 4.99 Å². The highest BCUT2D eigenvalue weighted by Crippen LogP contribution is 2.17. The van der Waals surface area contributed by atoms with Gasteiger partial charge in [0.1, 0.15) is 12.1 Å². The summed E-state index contributed by atoms with van der Waals surface area (Å²) in [6.45, 7) is 10.1. The van der Waals surface area contributed by atoms with E-state index < -0.39 is 0 Å². The van der Waals surface area contributed by atoms with Gasteiger partial charge >= 0.3 is 0 Å². The molecule has 158 valence electrons. The molecule has 0 aliphatic rings. The van der Waals surface area contributed by atoms with Crippen molar-refractivity contribution in [3.05, 3.63) is 66.2 Å². The first kappa shape index (κ1) is 21.4. The molecule has 2 N–H and O–H groups in total. The molecule has 1 aromatic carbocycles. The van der Waals surface area contributed by atoms with Crippen molar-refractivity contribution in [2.75, 3.05) is 24.5 Å². The van der Waals surface area contributed by atoms with Gasteiger partial charge in [-0.15, -0.1) is 0 Å². The Labute approximate surface area is 178 Å². The normalized spacial score (nSPS) is 11.4. The second-order valence-electron chi connectivity index (χ2n) is 6.76. The molecule has 0 saturated carbocycles. The largest absolute Gasteiger partial charge is 0.444 e. The highest BCUT2D eigenvalue weighted by atomic mass is 16.3. The van der Waals surface area contributed by atoms with Gasteiger partial charge in [-0.3, -0.25) is 0 Å². The summed E-state index contributed by atoms with van der Waals surface area (Å²) in [6, 6.07) is 14.0. The third kappa shape index (κ3) is 5.83. The van der Waals surface area contributed by atoms with Crippen LogP contribution in [0.2, 0.25) is 0 Å². The summed E-state index contributed by atoms with van der Waals surface area (Å²) in [6.07, 6.45) is 3.57. The highest BCUT2D eigenvalue weighted by Gasteiger charge is 2.07. The van der Waals surface area contributed by atoms with E-state index in [0.717, 1.165) is 48.2 Å². The number of aliphatic imine (C=N–C) groups is 1. The highest BCUT2D eigenvalue weighted by molar-refractivity contribution is 5.79. The van der Waals surface area contributed by atoms with Gasteiger partial charge in [0, 0.05) is 31.4 Å². The Kier molecular flexibility index (Phi) is 7.83. The molecule has 0 bridgehead atoms. The molecule has 0 saturated heterocycles. The fourth-order valence-electron chi connectivity index (χ4n) is 3.03. The molecule has 0 atom stereocenters. The van der Waals surface area contributed by atoms with E-state index in [0.29, 0.717) is 19.0 Å². The summed E-state index contributed by atoms with van der Waals surface area (Å²) >= 11 is 0. The Morgan fingerprint density at radius 1 is 1.03 bits per heavy atom. The van der Waals surface area contributed by atoms with Gasteiger partial charge in [0.15, 0.2) is 5.96 Å². The van der Waals surface area contributed by atoms with E-state index in [9.17, 15) is 0 Å². The fourth-order valence-corrected chi connectivity index (χ4v) is 3.03. The maximum absolute atomic E-state index is 5.60. The summed E-state index contributed by atoms with van der Waals surface area (Å²) in [5.74, 6) is 2.35. The van der Waals surface area contributed by atoms with Gasteiger partial charge < -0.3 is 20.0 Å². The van der Waals surface area contributed by atoms with Crippen LogP contribution in [0, 0.1) is 0 Å². The van der Waals surface area contributed by atoms with Gasteiger partial charge in [-0.1, -0.05) is 24.3 Å². The molecule has 7 nitrogen and oxygen atoms in total. The minimum Gasteiger partial charge on any atom is -0.444 e. The van der Waals surface area contributed by atoms with Crippen LogP contribution in [-0.2, 0) is 13.1 Å². The van der Waals surface area contributed by atoms with Gasteiger partial charge in [-0.05, 0) is 44.5 Å². The standard InChI is InChI=1S/C23H30N6O/c1-4-24-23(26-15-18-12-13-21(25-14-18)29(5-2)6-3)27-16-20-17-30-22(28-20)19-10-8-7-9-11-19/h7-14,17H,4-6,15-16H2,1-3H3,(H2,24,26,27). The van der Waals surface area contributed by atoms with Crippen LogP contribution in [0.1, 0.15) is 32.0 Å². The Morgan fingerprint density at radius 2 is 1.83 bits per heavy atom. The third-order valence-corrected chi connectivity index (χ3v) is 4.67. The number of guanidine groups is 1. The number of hydrogen-bond donors (Lipinski definition) is 2. The Balaban J connectivity index is 1.59. The number of pyridine rings is 1. The van der Waals surface area contributed by atoms with Gasteiger partial charge in [0.2, 0.25) is 5.89 Å². The molecule has 3 rings (SSSR count). The summed E-state index contributed by atoms with van der Waals surface area (Å²) in [5, 5.41) is 6.57. The van der Waals surface area contributed by atoms with Crippen molar-refractivity contribution < 1.29 is 4.42 Å². The molecule has 2 aromatic heterocycles. The summed E-state index contributed by atoms with van der Waals surface area (Å²) in [7, 11) is 0. The second kappa shape index (κ2) is 11.0. The number of oxazole rings is 1. The number of nitrogens with one attached hydrogen (secondary N) is 2. The van der Waals surface area contributed by atoms with Crippen molar-refractivity contribution in [1.29, 1.82) is 0 Å². The topological polar surface area (TPSA) is 78.6 Å². The molecule has 0 fully saturated rings. The maximum Gasteiger partial charge on any atom is 0.226 e. The number of nitrogens with zero attached hydrogens (tertiary/aromatic N) is 4. The van der Waals surface area contributed by atoms with E-state index >= 15 is 0 Å². The van der Waals surface area contributed by atoms with Gasteiger partial charge in [0.25, 0.3) is 0 Å². The van der Waals surface area contributed by atoms with Crippen LogP contribution in [0.4, 0.5) is 5.82 Å². The van der Waals surface area contributed by atoms with E-state index in [-0.39, 0.29) is 0 Å². The van der Waals surface area contributed by atoms with Crippen LogP contribution >= 0.6 is 0 Å². The zero-order chi connectivity index (χ0) is 21.2. The van der Waals surface area contributed by atoms with Crippen LogP contribution in [-0.4, -0.2) is 35.6 Å². The SMILES string of the molecule is CCNC(=NCc1ccc(N(CC)CC)nc1)NCc1coc(-c2ccccc2)n1. The molecule has 30 heavy (non-hydrogen) atoms. The van der Waals surface area contributed by atoms with E-state index in [1.165, 1.54) is 0 Å². The Hall–Kier alpha value is -3.35. The number of benzene rings is 1. The summed E-state index contributed by atoms with van der Waals surface area (Å²) in [5.41, 5.74) is 2.85. The minimum atomic E-state index is 0.529. The molecule has 0 spiro atoms. The summed E-state index contributed by atoms with van der Waals surface area (Å²) in [4.78, 5) is 16.0. The molecule has 0 aliphatic heterocycles. The lowest BCUT2D eigenvalue weighted by atomic mass is 10.2.